The molecule has 1 rings (SSSR count). The van der Waals surface area contributed by atoms with E-state index >= 15 is 0 Å². The summed E-state index contributed by atoms with van der Waals surface area (Å²) in [5, 5.41) is 23.7. The van der Waals surface area contributed by atoms with Gasteiger partial charge in [-0.2, -0.15) is 0 Å². The summed E-state index contributed by atoms with van der Waals surface area (Å²) in [5.74, 6) is -0.103. The molecule has 0 heterocycles. The largest absolute Gasteiger partial charge is 0.490 e. The summed E-state index contributed by atoms with van der Waals surface area (Å²) in [6, 6.07) is 3.82. The number of carbonyl (C=O) groups excluding carboxylic acids is 1. The van der Waals surface area contributed by atoms with Gasteiger partial charge in [-0.15, -0.1) is 0 Å². The Morgan fingerprint density at radius 2 is 2.09 bits per heavy atom. The van der Waals surface area contributed by atoms with Crippen molar-refractivity contribution in [1.29, 1.82) is 0 Å². The fourth-order valence-corrected chi connectivity index (χ4v) is 1.70. The predicted molar refractivity (Wildman–Crippen MR) is 82.4 cm³/mol. The highest BCUT2D eigenvalue weighted by molar-refractivity contribution is 5.97. The van der Waals surface area contributed by atoms with Crippen molar-refractivity contribution in [3.05, 3.63) is 33.9 Å². The minimum atomic E-state index is -0.755. The maximum Gasteiger partial charge on any atom is 0.270 e. The first-order chi connectivity index (χ1) is 10.1. The van der Waals surface area contributed by atoms with Gasteiger partial charge < -0.3 is 15.2 Å². The van der Waals surface area contributed by atoms with E-state index in [0.29, 0.717) is 6.54 Å². The average molecular weight is 310 g/mol. The first kappa shape index (κ1) is 18.1. The second-order valence-corrected chi connectivity index (χ2v) is 6.09. The number of aliphatic hydroxyl groups excluding tert-OH is 1. The van der Waals surface area contributed by atoms with Crippen molar-refractivity contribution >= 4 is 11.5 Å². The van der Waals surface area contributed by atoms with Gasteiger partial charge in [0.25, 0.3) is 5.69 Å². The fourth-order valence-electron chi connectivity index (χ4n) is 1.70. The van der Waals surface area contributed by atoms with E-state index in [2.05, 4.69) is 5.32 Å². The molecule has 1 aromatic rings. The van der Waals surface area contributed by atoms with Crippen LogP contribution < -0.4 is 10.1 Å². The number of nitrogens with one attached hydrogen (secondary N) is 1. The van der Waals surface area contributed by atoms with Gasteiger partial charge in [0.05, 0.1) is 10.5 Å². The Bertz CT molecular complexity index is 551. The quantitative estimate of drug-likeness (QED) is 0.453. The van der Waals surface area contributed by atoms with E-state index in [1.54, 1.807) is 0 Å². The molecule has 0 saturated heterocycles. The zero-order chi connectivity index (χ0) is 16.9. The molecule has 122 valence electrons. The van der Waals surface area contributed by atoms with Gasteiger partial charge in [-0.1, -0.05) is 0 Å². The summed E-state index contributed by atoms with van der Waals surface area (Å²) in [5.41, 5.74) is -0.170. The zero-order valence-corrected chi connectivity index (χ0v) is 13.3. The van der Waals surface area contributed by atoms with Gasteiger partial charge in [-0.25, -0.2) is 0 Å². The van der Waals surface area contributed by atoms with E-state index < -0.39 is 11.0 Å². The Labute approximate surface area is 129 Å². The van der Waals surface area contributed by atoms with Crippen LogP contribution in [0.15, 0.2) is 18.2 Å². The lowest BCUT2D eigenvalue weighted by molar-refractivity contribution is -0.384. The number of ether oxygens (including phenoxy) is 1. The van der Waals surface area contributed by atoms with Gasteiger partial charge in [-0.3, -0.25) is 14.9 Å². The number of β-amino-alcohol motifs (C(OH)–C–C–N with tert-alkyl or cyclic N) is 1. The third kappa shape index (κ3) is 5.79. The number of benzene rings is 1. The lowest BCUT2D eigenvalue weighted by Gasteiger charge is -2.23. The average Bonchev–Trinajstić information content (AvgIpc) is 2.41. The Morgan fingerprint density at radius 3 is 2.59 bits per heavy atom. The number of Topliss-reactive ketones (excluding diaryl/α,β-unsaturated/α-hetero) is 1. The van der Waals surface area contributed by atoms with Crippen molar-refractivity contribution in [1.82, 2.24) is 5.32 Å². The Morgan fingerprint density at radius 1 is 1.45 bits per heavy atom. The number of aliphatic hydroxyl groups is 1. The molecule has 1 atom stereocenters. The van der Waals surface area contributed by atoms with Crippen LogP contribution in [0.1, 0.15) is 38.1 Å². The molecule has 0 saturated carbocycles. The molecule has 0 aliphatic heterocycles. The van der Waals surface area contributed by atoms with Gasteiger partial charge >= 0.3 is 0 Å². The topological polar surface area (TPSA) is 102 Å². The van der Waals surface area contributed by atoms with E-state index in [0.717, 1.165) is 0 Å². The van der Waals surface area contributed by atoms with Crippen LogP contribution >= 0.6 is 0 Å². The number of hydrogen-bond donors (Lipinski definition) is 2. The monoisotopic (exact) mass is 310 g/mol. The van der Waals surface area contributed by atoms with Crippen molar-refractivity contribution in [3.8, 4) is 5.75 Å². The highest BCUT2D eigenvalue weighted by Crippen LogP contribution is 2.24. The van der Waals surface area contributed by atoms with E-state index in [1.165, 1.54) is 25.1 Å². The third-order valence-corrected chi connectivity index (χ3v) is 2.85. The summed E-state index contributed by atoms with van der Waals surface area (Å²) in [4.78, 5) is 21.7. The molecule has 1 unspecified atom stereocenters. The third-order valence-electron chi connectivity index (χ3n) is 2.85. The van der Waals surface area contributed by atoms with Crippen LogP contribution in [-0.2, 0) is 0 Å². The lowest BCUT2D eigenvalue weighted by Crippen LogP contribution is -2.42. The molecule has 7 nitrogen and oxygen atoms in total. The first-order valence-corrected chi connectivity index (χ1v) is 6.95. The van der Waals surface area contributed by atoms with Gasteiger partial charge in [0, 0.05) is 24.2 Å². The summed E-state index contributed by atoms with van der Waals surface area (Å²) < 4.78 is 5.43. The number of nitrogens with zero attached hydrogens (tertiary/aromatic N) is 1. The molecule has 0 fully saturated rings. The van der Waals surface area contributed by atoms with E-state index in [4.69, 9.17) is 4.74 Å². The summed E-state index contributed by atoms with van der Waals surface area (Å²) >= 11 is 0. The second-order valence-electron chi connectivity index (χ2n) is 6.09. The molecule has 0 bridgehead atoms. The number of nitro benzene ring substituents is 1. The van der Waals surface area contributed by atoms with Crippen molar-refractivity contribution < 1.29 is 19.6 Å². The molecule has 0 aliphatic rings. The number of nitro groups is 1. The molecule has 0 radical (unpaired) electrons. The van der Waals surface area contributed by atoms with E-state index in [1.807, 2.05) is 20.8 Å². The van der Waals surface area contributed by atoms with Gasteiger partial charge in [0.15, 0.2) is 5.78 Å². The number of rotatable bonds is 7. The summed E-state index contributed by atoms with van der Waals surface area (Å²) in [6.07, 6.45) is -0.755. The van der Waals surface area contributed by atoms with Crippen LogP contribution in [0.4, 0.5) is 5.69 Å². The SMILES string of the molecule is CC(=O)c1cc([N+](=O)[O-])ccc1OCC(O)CNC(C)(C)C. The predicted octanol–water partition coefficient (Wildman–Crippen LogP) is 1.93. The maximum atomic E-state index is 11.6. The molecule has 7 heteroatoms. The van der Waals surface area contributed by atoms with Crippen molar-refractivity contribution in [2.45, 2.75) is 39.3 Å². The number of non-ortho nitro benzene ring substituents is 1. The smallest absolute Gasteiger partial charge is 0.270 e. The van der Waals surface area contributed by atoms with Crippen LogP contribution in [0.2, 0.25) is 0 Å². The number of hydrogen-bond acceptors (Lipinski definition) is 6. The Balaban J connectivity index is 2.73. The molecule has 0 aliphatic carbocycles. The normalized spacial score (nSPS) is 12.8. The van der Waals surface area contributed by atoms with Crippen LogP contribution in [0.25, 0.3) is 0 Å². The molecular weight excluding hydrogens is 288 g/mol. The molecule has 1 aromatic carbocycles. The molecule has 0 spiro atoms. The minimum absolute atomic E-state index is 0.0127. The molecule has 2 N–H and O–H groups in total. The maximum absolute atomic E-state index is 11.6. The fraction of sp³-hybridized carbons (Fsp3) is 0.533. The first-order valence-electron chi connectivity index (χ1n) is 6.95. The van der Waals surface area contributed by atoms with Crippen molar-refractivity contribution in [2.24, 2.45) is 0 Å². The second kappa shape index (κ2) is 7.33. The van der Waals surface area contributed by atoms with Gasteiger partial charge in [-0.05, 0) is 33.8 Å². The van der Waals surface area contributed by atoms with Crippen LogP contribution in [0.3, 0.4) is 0 Å². The number of ketones is 1. The van der Waals surface area contributed by atoms with Crippen molar-refractivity contribution in [3.63, 3.8) is 0 Å². The van der Waals surface area contributed by atoms with E-state index in [9.17, 15) is 20.0 Å². The molecule has 0 amide bonds. The molecule has 0 aromatic heterocycles. The Hall–Kier alpha value is -1.99. The van der Waals surface area contributed by atoms with E-state index in [-0.39, 0.29) is 34.9 Å². The van der Waals surface area contributed by atoms with Crippen molar-refractivity contribution in [2.75, 3.05) is 13.2 Å². The van der Waals surface area contributed by atoms with Crippen LogP contribution in [0, 0.1) is 10.1 Å². The zero-order valence-electron chi connectivity index (χ0n) is 13.3. The van der Waals surface area contributed by atoms with Gasteiger partial charge in [0.1, 0.15) is 18.5 Å². The standard InChI is InChI=1S/C15H22N2O5/c1-10(18)13-7-11(17(20)21)5-6-14(13)22-9-12(19)8-16-15(2,3)4/h5-7,12,16,19H,8-9H2,1-4H3. The molecule has 22 heavy (non-hydrogen) atoms. The number of carbonyl (C=O) groups is 1. The Kier molecular flexibility index (Phi) is 6.01. The molecular formula is C15H22N2O5. The van der Waals surface area contributed by atoms with Crippen LogP contribution in [0.5, 0.6) is 5.75 Å². The summed E-state index contributed by atoms with van der Waals surface area (Å²) in [7, 11) is 0. The lowest BCUT2D eigenvalue weighted by atomic mass is 10.1. The highest BCUT2D eigenvalue weighted by atomic mass is 16.6. The highest BCUT2D eigenvalue weighted by Gasteiger charge is 2.17. The van der Waals surface area contributed by atoms with Gasteiger partial charge in [0.2, 0.25) is 0 Å². The van der Waals surface area contributed by atoms with Crippen LogP contribution in [-0.4, -0.2) is 40.6 Å². The minimum Gasteiger partial charge on any atom is -0.490 e. The summed E-state index contributed by atoms with van der Waals surface area (Å²) in [6.45, 7) is 7.57.